The summed E-state index contributed by atoms with van der Waals surface area (Å²) in [5.74, 6) is 0. The Balaban J connectivity index is 2.25. The SMILES string of the molecule is CC(C)O/N=C\[C@H]1CCCN1C. The van der Waals surface area contributed by atoms with E-state index in [0.717, 1.165) is 0 Å². The minimum atomic E-state index is 0.188. The van der Waals surface area contributed by atoms with Crippen LogP contribution in [0.1, 0.15) is 26.7 Å². The molecule has 0 aromatic rings. The van der Waals surface area contributed by atoms with E-state index in [1.807, 2.05) is 20.1 Å². The lowest BCUT2D eigenvalue weighted by Gasteiger charge is -2.13. The van der Waals surface area contributed by atoms with Gasteiger partial charge in [0.15, 0.2) is 0 Å². The van der Waals surface area contributed by atoms with Gasteiger partial charge in [0.05, 0.1) is 6.21 Å². The van der Waals surface area contributed by atoms with Crippen LogP contribution in [0.2, 0.25) is 0 Å². The molecule has 0 N–H and O–H groups in total. The van der Waals surface area contributed by atoms with Gasteiger partial charge in [-0.1, -0.05) is 5.16 Å². The molecule has 1 aliphatic rings. The van der Waals surface area contributed by atoms with Gasteiger partial charge in [0, 0.05) is 6.04 Å². The number of rotatable bonds is 3. The highest BCUT2D eigenvalue weighted by Gasteiger charge is 2.18. The largest absolute Gasteiger partial charge is 0.393 e. The fourth-order valence-corrected chi connectivity index (χ4v) is 1.35. The number of hydrogen-bond acceptors (Lipinski definition) is 3. The molecule has 0 spiro atoms. The Morgan fingerprint density at radius 1 is 1.58 bits per heavy atom. The first-order valence-corrected chi connectivity index (χ1v) is 4.59. The van der Waals surface area contributed by atoms with Gasteiger partial charge in [-0.3, -0.25) is 4.90 Å². The lowest BCUT2D eigenvalue weighted by Crippen LogP contribution is -2.26. The van der Waals surface area contributed by atoms with Crippen LogP contribution in [0.15, 0.2) is 5.16 Å². The van der Waals surface area contributed by atoms with Gasteiger partial charge < -0.3 is 4.84 Å². The topological polar surface area (TPSA) is 24.8 Å². The molecule has 1 aliphatic heterocycles. The molecule has 1 atom stereocenters. The number of nitrogens with zero attached hydrogens (tertiary/aromatic N) is 2. The van der Waals surface area contributed by atoms with Crippen molar-refractivity contribution in [2.45, 2.75) is 38.8 Å². The third-order valence-electron chi connectivity index (χ3n) is 2.08. The van der Waals surface area contributed by atoms with Crippen molar-refractivity contribution < 1.29 is 4.84 Å². The standard InChI is InChI=1S/C9H18N2O/c1-8(2)12-10-7-9-5-4-6-11(9)3/h7-9H,4-6H2,1-3H3/b10-7-/t9-/m1/s1. The van der Waals surface area contributed by atoms with E-state index in [-0.39, 0.29) is 6.10 Å². The highest BCUT2D eigenvalue weighted by Crippen LogP contribution is 2.12. The Bertz CT molecular complexity index is 157. The van der Waals surface area contributed by atoms with Crippen LogP contribution in [0.4, 0.5) is 0 Å². The normalized spacial score (nSPS) is 25.8. The van der Waals surface area contributed by atoms with Crippen molar-refractivity contribution in [3.63, 3.8) is 0 Å². The molecule has 1 heterocycles. The van der Waals surface area contributed by atoms with E-state index in [2.05, 4.69) is 17.1 Å². The molecule has 0 unspecified atom stereocenters. The van der Waals surface area contributed by atoms with E-state index < -0.39 is 0 Å². The minimum Gasteiger partial charge on any atom is -0.393 e. The molecular formula is C9H18N2O. The monoisotopic (exact) mass is 170 g/mol. The van der Waals surface area contributed by atoms with Crippen molar-refractivity contribution in [2.24, 2.45) is 5.16 Å². The Labute approximate surface area is 74.4 Å². The third-order valence-corrected chi connectivity index (χ3v) is 2.08. The maximum Gasteiger partial charge on any atom is 0.122 e. The molecule has 12 heavy (non-hydrogen) atoms. The summed E-state index contributed by atoms with van der Waals surface area (Å²) in [5.41, 5.74) is 0. The molecule has 1 saturated heterocycles. The molecule has 0 radical (unpaired) electrons. The fraction of sp³-hybridized carbons (Fsp3) is 0.889. The summed E-state index contributed by atoms with van der Waals surface area (Å²) in [5, 5.41) is 3.94. The summed E-state index contributed by atoms with van der Waals surface area (Å²) in [6, 6.07) is 0.490. The third kappa shape index (κ3) is 2.81. The van der Waals surface area contributed by atoms with Gasteiger partial charge in [-0.05, 0) is 40.3 Å². The first-order chi connectivity index (χ1) is 5.70. The summed E-state index contributed by atoms with van der Waals surface area (Å²) < 4.78 is 0. The van der Waals surface area contributed by atoms with Crippen molar-refractivity contribution in [2.75, 3.05) is 13.6 Å². The Morgan fingerprint density at radius 2 is 2.33 bits per heavy atom. The van der Waals surface area contributed by atoms with Gasteiger partial charge in [-0.25, -0.2) is 0 Å². The van der Waals surface area contributed by atoms with Crippen LogP contribution in [0, 0.1) is 0 Å². The zero-order chi connectivity index (χ0) is 8.97. The second-order valence-electron chi connectivity index (χ2n) is 3.60. The smallest absolute Gasteiger partial charge is 0.122 e. The average Bonchev–Trinajstić information content (AvgIpc) is 2.36. The van der Waals surface area contributed by atoms with E-state index in [9.17, 15) is 0 Å². The van der Waals surface area contributed by atoms with Crippen LogP contribution in [0.3, 0.4) is 0 Å². The molecule has 0 aliphatic carbocycles. The minimum absolute atomic E-state index is 0.188. The highest BCUT2D eigenvalue weighted by atomic mass is 16.6. The molecule has 0 amide bonds. The van der Waals surface area contributed by atoms with Gasteiger partial charge in [0.2, 0.25) is 0 Å². The van der Waals surface area contributed by atoms with E-state index in [4.69, 9.17) is 4.84 Å². The Kier molecular flexibility index (Phi) is 3.53. The van der Waals surface area contributed by atoms with Gasteiger partial charge in [-0.2, -0.15) is 0 Å². The molecule has 0 saturated carbocycles. The molecular weight excluding hydrogens is 152 g/mol. The van der Waals surface area contributed by atoms with Gasteiger partial charge in [0.25, 0.3) is 0 Å². The maximum absolute atomic E-state index is 5.09. The van der Waals surface area contributed by atoms with Crippen molar-refractivity contribution in [3.05, 3.63) is 0 Å². The molecule has 0 aromatic heterocycles. The molecule has 1 fully saturated rings. The van der Waals surface area contributed by atoms with Crippen LogP contribution < -0.4 is 0 Å². The molecule has 3 heteroatoms. The predicted molar refractivity (Wildman–Crippen MR) is 50.4 cm³/mol. The summed E-state index contributed by atoms with van der Waals surface area (Å²) in [6.07, 6.45) is 4.58. The van der Waals surface area contributed by atoms with E-state index >= 15 is 0 Å². The second kappa shape index (κ2) is 4.45. The van der Waals surface area contributed by atoms with Crippen LogP contribution in [-0.4, -0.2) is 36.9 Å². The lowest BCUT2D eigenvalue weighted by atomic mass is 10.2. The highest BCUT2D eigenvalue weighted by molar-refractivity contribution is 5.64. The molecule has 0 aromatic carbocycles. The van der Waals surface area contributed by atoms with Crippen molar-refractivity contribution in [1.82, 2.24) is 4.90 Å². The Morgan fingerprint density at radius 3 is 2.83 bits per heavy atom. The van der Waals surface area contributed by atoms with Crippen molar-refractivity contribution in [1.29, 1.82) is 0 Å². The van der Waals surface area contributed by atoms with Gasteiger partial charge >= 0.3 is 0 Å². The quantitative estimate of drug-likeness (QED) is 0.473. The lowest BCUT2D eigenvalue weighted by molar-refractivity contribution is 0.0858. The zero-order valence-electron chi connectivity index (χ0n) is 8.16. The maximum atomic E-state index is 5.09. The van der Waals surface area contributed by atoms with Crippen molar-refractivity contribution in [3.8, 4) is 0 Å². The summed E-state index contributed by atoms with van der Waals surface area (Å²) >= 11 is 0. The zero-order valence-corrected chi connectivity index (χ0v) is 8.16. The van der Waals surface area contributed by atoms with Crippen LogP contribution >= 0.6 is 0 Å². The molecule has 1 rings (SSSR count). The number of oxime groups is 1. The van der Waals surface area contributed by atoms with Crippen LogP contribution in [0.5, 0.6) is 0 Å². The van der Waals surface area contributed by atoms with Crippen molar-refractivity contribution >= 4 is 6.21 Å². The second-order valence-corrected chi connectivity index (χ2v) is 3.60. The molecule has 3 nitrogen and oxygen atoms in total. The summed E-state index contributed by atoms with van der Waals surface area (Å²) in [7, 11) is 2.12. The predicted octanol–water partition coefficient (Wildman–Crippen LogP) is 1.49. The van der Waals surface area contributed by atoms with Gasteiger partial charge in [0.1, 0.15) is 6.10 Å². The van der Waals surface area contributed by atoms with Gasteiger partial charge in [-0.15, -0.1) is 0 Å². The molecule has 70 valence electrons. The molecule has 0 bridgehead atoms. The summed E-state index contributed by atoms with van der Waals surface area (Å²) in [4.78, 5) is 7.39. The summed E-state index contributed by atoms with van der Waals surface area (Å²) in [6.45, 7) is 5.14. The first kappa shape index (κ1) is 9.52. The average molecular weight is 170 g/mol. The van der Waals surface area contributed by atoms with Crippen LogP contribution in [-0.2, 0) is 4.84 Å². The Hall–Kier alpha value is -0.570. The van der Waals surface area contributed by atoms with E-state index in [1.54, 1.807) is 0 Å². The number of likely N-dealkylation sites (tertiary alicyclic amines) is 1. The van der Waals surface area contributed by atoms with Crippen LogP contribution in [0.25, 0.3) is 0 Å². The van der Waals surface area contributed by atoms with E-state index in [1.165, 1.54) is 19.4 Å². The van der Waals surface area contributed by atoms with E-state index in [0.29, 0.717) is 6.04 Å². The number of hydrogen-bond donors (Lipinski definition) is 0. The first-order valence-electron chi connectivity index (χ1n) is 4.59. The fourth-order valence-electron chi connectivity index (χ4n) is 1.35.